The first kappa shape index (κ1) is 14.3. The van der Waals surface area contributed by atoms with Gasteiger partial charge >= 0.3 is 6.03 Å². The molecule has 2 aromatic heterocycles. The van der Waals surface area contributed by atoms with Crippen LogP contribution in [0.2, 0.25) is 0 Å². The van der Waals surface area contributed by atoms with Crippen molar-refractivity contribution in [3.05, 3.63) is 66.2 Å². The Hall–Kier alpha value is -3.28. The van der Waals surface area contributed by atoms with E-state index in [1.165, 1.54) is 0 Å². The van der Waals surface area contributed by atoms with Gasteiger partial charge in [0.05, 0.1) is 17.6 Å². The summed E-state index contributed by atoms with van der Waals surface area (Å²) < 4.78 is 5.39. The van der Waals surface area contributed by atoms with Crippen LogP contribution in [0.4, 0.5) is 16.2 Å². The van der Waals surface area contributed by atoms with E-state index < -0.39 is 0 Å². The van der Waals surface area contributed by atoms with Crippen LogP contribution in [0.1, 0.15) is 11.1 Å². The zero-order valence-corrected chi connectivity index (χ0v) is 12.9. The van der Waals surface area contributed by atoms with Gasteiger partial charge in [0.15, 0.2) is 0 Å². The number of benzene rings is 1. The molecule has 6 heteroatoms. The smallest absolute Gasteiger partial charge is 0.322 e. The molecule has 0 atom stereocenters. The van der Waals surface area contributed by atoms with Gasteiger partial charge in [-0.15, -0.1) is 0 Å². The van der Waals surface area contributed by atoms with Gasteiger partial charge in [-0.25, -0.2) is 4.79 Å². The maximum absolute atomic E-state index is 12.5. The Bertz CT molecular complexity index is 865. The van der Waals surface area contributed by atoms with Gasteiger partial charge in [-0.1, -0.05) is 0 Å². The van der Waals surface area contributed by atoms with E-state index in [2.05, 4.69) is 10.3 Å². The van der Waals surface area contributed by atoms with Gasteiger partial charge in [0.25, 0.3) is 0 Å². The first-order chi connectivity index (χ1) is 11.7. The number of hydrogen-bond acceptors (Lipinski definition) is 4. The summed E-state index contributed by atoms with van der Waals surface area (Å²) in [5.41, 5.74) is 10.1. The van der Waals surface area contributed by atoms with Gasteiger partial charge in [0, 0.05) is 31.0 Å². The fraction of sp³-hybridized carbons (Fsp3) is 0.111. The third-order valence-corrected chi connectivity index (χ3v) is 4.11. The molecule has 0 radical (unpaired) electrons. The topological polar surface area (TPSA) is 84.4 Å². The van der Waals surface area contributed by atoms with Crippen LogP contribution in [0.3, 0.4) is 0 Å². The number of nitrogens with zero attached hydrogens (tertiary/aromatic N) is 2. The van der Waals surface area contributed by atoms with Crippen molar-refractivity contribution >= 4 is 17.4 Å². The average molecular weight is 320 g/mol. The standard InChI is InChI=1S/C18H16N4O2/c19-15-4-3-12(17-2-1-7-24-17)8-16(15)21-18(23)22-10-13-5-6-20-9-14(13)11-22/h1-9H,10-11,19H2,(H,21,23). The summed E-state index contributed by atoms with van der Waals surface area (Å²) in [6.45, 7) is 1.12. The number of furan rings is 1. The molecule has 24 heavy (non-hydrogen) atoms. The van der Waals surface area contributed by atoms with E-state index in [1.54, 1.807) is 29.6 Å². The average Bonchev–Trinajstić information content (AvgIpc) is 3.26. The van der Waals surface area contributed by atoms with Crippen LogP contribution < -0.4 is 11.1 Å². The van der Waals surface area contributed by atoms with E-state index in [1.807, 2.05) is 30.3 Å². The second kappa shape index (κ2) is 5.73. The lowest BCUT2D eigenvalue weighted by atomic mass is 10.1. The molecule has 120 valence electrons. The zero-order valence-electron chi connectivity index (χ0n) is 12.9. The van der Waals surface area contributed by atoms with Crippen molar-refractivity contribution in [2.75, 3.05) is 11.1 Å². The minimum absolute atomic E-state index is 0.186. The van der Waals surface area contributed by atoms with E-state index >= 15 is 0 Å². The van der Waals surface area contributed by atoms with E-state index in [-0.39, 0.29) is 6.03 Å². The summed E-state index contributed by atoms with van der Waals surface area (Å²) in [5, 5.41) is 2.89. The molecule has 2 amide bonds. The van der Waals surface area contributed by atoms with Crippen LogP contribution in [-0.4, -0.2) is 15.9 Å². The molecule has 6 nitrogen and oxygen atoms in total. The second-order valence-electron chi connectivity index (χ2n) is 5.71. The van der Waals surface area contributed by atoms with Crippen molar-refractivity contribution < 1.29 is 9.21 Å². The van der Waals surface area contributed by atoms with E-state index in [9.17, 15) is 4.79 Å². The number of pyridine rings is 1. The van der Waals surface area contributed by atoms with E-state index in [4.69, 9.17) is 10.2 Å². The molecule has 0 saturated heterocycles. The predicted molar refractivity (Wildman–Crippen MR) is 91.1 cm³/mol. The molecular weight excluding hydrogens is 304 g/mol. The number of aromatic nitrogens is 1. The monoisotopic (exact) mass is 320 g/mol. The third-order valence-electron chi connectivity index (χ3n) is 4.11. The first-order valence-corrected chi connectivity index (χ1v) is 7.62. The first-order valence-electron chi connectivity index (χ1n) is 7.62. The molecule has 1 aliphatic rings. The van der Waals surface area contributed by atoms with E-state index in [0.717, 1.165) is 22.5 Å². The highest BCUT2D eigenvalue weighted by Gasteiger charge is 2.23. The van der Waals surface area contributed by atoms with Crippen molar-refractivity contribution in [2.24, 2.45) is 0 Å². The summed E-state index contributed by atoms with van der Waals surface area (Å²) in [6.07, 6.45) is 5.15. The number of rotatable bonds is 2. The highest BCUT2D eigenvalue weighted by Crippen LogP contribution is 2.29. The summed E-state index contributed by atoms with van der Waals surface area (Å²) in [6, 6.07) is 10.9. The molecule has 0 spiro atoms. The van der Waals surface area contributed by atoms with Crippen molar-refractivity contribution in [2.45, 2.75) is 13.1 Å². The molecule has 0 bridgehead atoms. The normalized spacial score (nSPS) is 12.9. The number of carbonyl (C=O) groups is 1. The second-order valence-corrected chi connectivity index (χ2v) is 5.71. The largest absolute Gasteiger partial charge is 0.464 e. The molecule has 0 saturated carbocycles. The highest BCUT2D eigenvalue weighted by molar-refractivity contribution is 5.94. The molecule has 4 rings (SSSR count). The lowest BCUT2D eigenvalue weighted by molar-refractivity contribution is 0.212. The lowest BCUT2D eigenvalue weighted by Gasteiger charge is -2.17. The summed E-state index contributed by atoms with van der Waals surface area (Å²) in [5.74, 6) is 0.727. The zero-order chi connectivity index (χ0) is 16.5. The Morgan fingerprint density at radius 2 is 2.08 bits per heavy atom. The predicted octanol–water partition coefficient (Wildman–Crippen LogP) is 3.47. The van der Waals surface area contributed by atoms with Gasteiger partial charge in [-0.05, 0) is 47.5 Å². The molecule has 1 aromatic carbocycles. The summed E-state index contributed by atoms with van der Waals surface area (Å²) in [4.78, 5) is 18.4. The number of urea groups is 1. The Kier molecular flexibility index (Phi) is 3.42. The SMILES string of the molecule is Nc1ccc(-c2ccco2)cc1NC(=O)N1Cc2ccncc2C1. The fourth-order valence-electron chi connectivity index (χ4n) is 2.82. The summed E-state index contributed by atoms with van der Waals surface area (Å²) >= 11 is 0. The highest BCUT2D eigenvalue weighted by atomic mass is 16.3. The number of hydrogen-bond donors (Lipinski definition) is 2. The van der Waals surface area contributed by atoms with Crippen LogP contribution in [-0.2, 0) is 13.1 Å². The number of anilines is 2. The van der Waals surface area contributed by atoms with Crippen LogP contribution in [0, 0.1) is 0 Å². The van der Waals surface area contributed by atoms with Crippen molar-refractivity contribution in [3.63, 3.8) is 0 Å². The van der Waals surface area contributed by atoms with E-state index in [0.29, 0.717) is 24.5 Å². The quantitative estimate of drug-likeness (QED) is 0.708. The van der Waals surface area contributed by atoms with Gasteiger partial charge in [0.2, 0.25) is 0 Å². The number of fused-ring (bicyclic) bond motifs is 1. The van der Waals surface area contributed by atoms with Crippen LogP contribution >= 0.6 is 0 Å². The van der Waals surface area contributed by atoms with Crippen molar-refractivity contribution in [1.29, 1.82) is 0 Å². The van der Waals surface area contributed by atoms with Crippen molar-refractivity contribution in [1.82, 2.24) is 9.88 Å². The van der Waals surface area contributed by atoms with Crippen LogP contribution in [0.5, 0.6) is 0 Å². The Balaban J connectivity index is 1.53. The molecule has 1 aliphatic heterocycles. The number of nitrogen functional groups attached to an aromatic ring is 1. The van der Waals surface area contributed by atoms with Crippen LogP contribution in [0.25, 0.3) is 11.3 Å². The maximum Gasteiger partial charge on any atom is 0.322 e. The number of nitrogens with one attached hydrogen (secondary N) is 1. The molecule has 0 unspecified atom stereocenters. The fourth-order valence-corrected chi connectivity index (χ4v) is 2.82. The van der Waals surface area contributed by atoms with Crippen LogP contribution in [0.15, 0.2) is 59.5 Å². The number of amides is 2. The minimum atomic E-state index is -0.186. The molecule has 3 N–H and O–H groups in total. The third kappa shape index (κ3) is 2.58. The van der Waals surface area contributed by atoms with Gasteiger partial charge in [0.1, 0.15) is 5.76 Å². The number of carbonyl (C=O) groups excluding carboxylic acids is 1. The van der Waals surface area contributed by atoms with Gasteiger partial charge in [-0.2, -0.15) is 0 Å². The Labute approximate surface area is 138 Å². The molecule has 3 heterocycles. The molecular formula is C18H16N4O2. The Morgan fingerprint density at radius 3 is 2.88 bits per heavy atom. The summed E-state index contributed by atoms with van der Waals surface area (Å²) in [7, 11) is 0. The molecule has 3 aromatic rings. The minimum Gasteiger partial charge on any atom is -0.464 e. The molecule has 0 fully saturated rings. The Morgan fingerprint density at radius 1 is 1.21 bits per heavy atom. The van der Waals surface area contributed by atoms with Gasteiger partial charge in [-0.3, -0.25) is 4.98 Å². The lowest BCUT2D eigenvalue weighted by Crippen LogP contribution is -2.30. The number of nitrogens with two attached hydrogens (primary N) is 1. The van der Waals surface area contributed by atoms with Gasteiger partial charge < -0.3 is 20.4 Å². The molecule has 0 aliphatic carbocycles. The maximum atomic E-state index is 12.5. The van der Waals surface area contributed by atoms with Crippen molar-refractivity contribution in [3.8, 4) is 11.3 Å².